The first-order valence-corrected chi connectivity index (χ1v) is 21.7. The number of aromatic nitrogens is 1. The highest BCUT2D eigenvalue weighted by molar-refractivity contribution is 7.91. The van der Waals surface area contributed by atoms with Crippen LogP contribution in [0.15, 0.2) is 36.4 Å². The molecule has 3 saturated carbocycles. The fraction of sp³-hybridized carbons (Fsp3) is 0.634. The summed E-state index contributed by atoms with van der Waals surface area (Å²) in [5.74, 6) is -11.5. The van der Waals surface area contributed by atoms with Crippen LogP contribution in [0.25, 0.3) is 10.9 Å². The van der Waals surface area contributed by atoms with Crippen LogP contribution in [0.3, 0.4) is 0 Å². The summed E-state index contributed by atoms with van der Waals surface area (Å²) in [5, 5.41) is 6.08. The summed E-state index contributed by atoms with van der Waals surface area (Å²) in [4.78, 5) is 62.3. The maximum absolute atomic E-state index is 14.8. The van der Waals surface area contributed by atoms with E-state index in [4.69, 9.17) is 14.5 Å². The van der Waals surface area contributed by atoms with Gasteiger partial charge in [0.2, 0.25) is 21.8 Å². The van der Waals surface area contributed by atoms with Gasteiger partial charge in [-0.15, -0.1) is 0 Å². The fourth-order valence-electron chi connectivity index (χ4n) is 8.59. The van der Waals surface area contributed by atoms with Gasteiger partial charge in [-0.05, 0) is 84.6 Å². The molecule has 4 amide bonds. The number of alkyl halides is 4. The minimum atomic E-state index is -4.59. The van der Waals surface area contributed by atoms with Crippen molar-refractivity contribution in [1.82, 2.24) is 25.2 Å². The van der Waals surface area contributed by atoms with Crippen LogP contribution >= 0.6 is 0 Å². The number of amides is 4. The molecule has 0 spiro atoms. The first kappa shape index (κ1) is 42.6. The average molecular weight is 850 g/mol. The highest BCUT2D eigenvalue weighted by Crippen LogP contribution is 2.52. The van der Waals surface area contributed by atoms with Gasteiger partial charge in [0.05, 0.1) is 22.4 Å². The lowest BCUT2D eigenvalue weighted by atomic mass is 9.65. The lowest BCUT2D eigenvalue weighted by Gasteiger charge is -2.48. The highest BCUT2D eigenvalue weighted by atomic mass is 32.2. The third-order valence-corrected chi connectivity index (χ3v) is 15.2. The van der Waals surface area contributed by atoms with Crippen molar-refractivity contribution in [3.63, 3.8) is 0 Å². The molecule has 3 fully saturated rings. The number of sulfonamides is 1. The van der Waals surface area contributed by atoms with Crippen molar-refractivity contribution < 1.29 is 54.6 Å². The lowest BCUT2D eigenvalue weighted by molar-refractivity contribution is -0.329. The van der Waals surface area contributed by atoms with Crippen molar-refractivity contribution >= 4 is 44.7 Å². The fourth-order valence-corrected chi connectivity index (χ4v) is 9.90. The largest absolute Gasteiger partial charge is 0.485 e. The summed E-state index contributed by atoms with van der Waals surface area (Å²) in [6.45, 7) is 5.14. The van der Waals surface area contributed by atoms with E-state index in [2.05, 4.69) is 15.4 Å². The second-order valence-corrected chi connectivity index (χ2v) is 19.6. The number of pyridine rings is 1. The van der Waals surface area contributed by atoms with E-state index in [1.54, 1.807) is 19.9 Å². The van der Waals surface area contributed by atoms with Gasteiger partial charge in [-0.3, -0.25) is 19.1 Å². The van der Waals surface area contributed by atoms with Crippen molar-refractivity contribution in [3.05, 3.63) is 47.7 Å². The molecule has 0 radical (unpaired) electrons. The molecule has 3 N–H and O–H groups in total. The quantitative estimate of drug-likeness (QED) is 0.231. The summed E-state index contributed by atoms with van der Waals surface area (Å²) < 4.78 is 94.3. The number of rotatable bonds is 7. The number of alkyl carbamates (subject to hydrolysis) is 1. The SMILES string of the molecule is Cc1nc2ccccc2c2c1OC(C)(CC1C(=O)NC3(C(=O)NS(=O)(=O)C4(C)CC4)CCC3C=CCCCCCC(NC(=O)OC3CC(F)(F)C3(F)F)C(=O)N1C)CC2. The Hall–Kier alpha value is -4.48. The number of nitrogens with zero attached hydrogens (tertiary/aromatic N) is 2. The molecule has 322 valence electrons. The third-order valence-electron chi connectivity index (χ3n) is 13.1. The number of allylic oxidation sites excluding steroid dienone is 1. The number of carbonyl (C=O) groups excluding carboxylic acids is 4. The van der Waals surface area contributed by atoms with Crippen LogP contribution < -0.4 is 20.1 Å². The Morgan fingerprint density at radius 2 is 1.76 bits per heavy atom. The number of nitrogens with one attached hydrogen (secondary N) is 3. The molecule has 0 saturated heterocycles. The molecular weight excluding hydrogens is 799 g/mol. The zero-order valence-electron chi connectivity index (χ0n) is 33.5. The number of carbonyl (C=O) groups is 4. The van der Waals surface area contributed by atoms with Gasteiger partial charge in [0.15, 0.2) is 6.10 Å². The summed E-state index contributed by atoms with van der Waals surface area (Å²) >= 11 is 0. The van der Waals surface area contributed by atoms with E-state index in [1.807, 2.05) is 37.3 Å². The molecule has 1 aromatic carbocycles. The molecule has 6 atom stereocenters. The maximum Gasteiger partial charge on any atom is 0.408 e. The van der Waals surface area contributed by atoms with Crippen LogP contribution in [-0.2, 0) is 35.6 Å². The molecule has 13 nitrogen and oxygen atoms in total. The van der Waals surface area contributed by atoms with Crippen molar-refractivity contribution in [2.75, 3.05) is 7.05 Å². The summed E-state index contributed by atoms with van der Waals surface area (Å²) in [7, 11) is -2.78. The monoisotopic (exact) mass is 849 g/mol. The molecule has 1 aromatic heterocycles. The molecule has 6 unspecified atom stereocenters. The van der Waals surface area contributed by atoms with Gasteiger partial charge in [-0.25, -0.2) is 18.2 Å². The number of hydrogen-bond donors (Lipinski definition) is 3. The van der Waals surface area contributed by atoms with E-state index in [0.717, 1.165) is 21.4 Å². The number of ether oxygens (including phenoxy) is 2. The van der Waals surface area contributed by atoms with Crippen LogP contribution in [0.1, 0.15) is 102 Å². The molecule has 3 heterocycles. The number of likely N-dealkylation sites (N-methyl/N-ethyl adjacent to an activating group) is 1. The Morgan fingerprint density at radius 1 is 1.03 bits per heavy atom. The number of para-hydroxylation sites is 1. The predicted octanol–water partition coefficient (Wildman–Crippen LogP) is 5.77. The van der Waals surface area contributed by atoms with Gasteiger partial charge in [0, 0.05) is 30.3 Å². The van der Waals surface area contributed by atoms with Gasteiger partial charge in [-0.1, -0.05) is 43.2 Å². The van der Waals surface area contributed by atoms with Gasteiger partial charge in [-0.2, -0.15) is 17.6 Å². The molecule has 5 aliphatic rings. The van der Waals surface area contributed by atoms with Gasteiger partial charge < -0.3 is 25.0 Å². The maximum atomic E-state index is 14.8. The topological polar surface area (TPSA) is 173 Å². The normalized spacial score (nSPS) is 31.4. The Bertz CT molecular complexity index is 2180. The number of benzene rings is 1. The van der Waals surface area contributed by atoms with E-state index in [0.29, 0.717) is 69.2 Å². The van der Waals surface area contributed by atoms with Crippen LogP contribution in [0, 0.1) is 12.8 Å². The van der Waals surface area contributed by atoms with Gasteiger partial charge in [0.1, 0.15) is 29.0 Å². The number of hydrogen-bond acceptors (Lipinski definition) is 9. The Labute approximate surface area is 340 Å². The Morgan fingerprint density at radius 3 is 2.42 bits per heavy atom. The van der Waals surface area contributed by atoms with Gasteiger partial charge >= 0.3 is 17.9 Å². The smallest absolute Gasteiger partial charge is 0.408 e. The highest BCUT2D eigenvalue weighted by Gasteiger charge is 2.74. The summed E-state index contributed by atoms with van der Waals surface area (Å²) in [6.07, 6.45) is 2.58. The van der Waals surface area contributed by atoms with Crippen LogP contribution in [-0.4, -0.2) is 95.1 Å². The lowest BCUT2D eigenvalue weighted by Crippen LogP contribution is -2.71. The van der Waals surface area contributed by atoms with Crippen LogP contribution in [0.5, 0.6) is 5.75 Å². The van der Waals surface area contributed by atoms with Crippen molar-refractivity contribution in [2.24, 2.45) is 5.92 Å². The second-order valence-electron chi connectivity index (χ2n) is 17.4. The molecule has 3 aliphatic carbocycles. The summed E-state index contributed by atoms with van der Waals surface area (Å²) in [6, 6.07) is 4.81. The van der Waals surface area contributed by atoms with Crippen LogP contribution in [0.2, 0.25) is 0 Å². The van der Waals surface area contributed by atoms with E-state index in [-0.39, 0.29) is 19.3 Å². The average Bonchev–Trinajstić information content (AvgIpc) is 3.93. The molecule has 18 heteroatoms. The Balaban J connectivity index is 1.21. The number of fused-ring (bicyclic) bond motifs is 4. The zero-order chi connectivity index (χ0) is 42.8. The Kier molecular flexibility index (Phi) is 11.0. The molecule has 7 rings (SSSR count). The van der Waals surface area contributed by atoms with Crippen molar-refractivity contribution in [3.8, 4) is 5.75 Å². The first-order valence-electron chi connectivity index (χ1n) is 20.2. The number of halogens is 4. The standard InChI is InChI=1S/C41H51F4N5O8S/c1-24-32-27(26-13-10-11-14-28(26)46-24)17-18-37(2,58-32)22-30-33(51)48-39(35(53)49-59(55,56)38(3)20-21-38)19-16-25(39)12-8-6-5-7-9-15-29(34(52)50(30)4)47-36(54)57-31-23-40(42,43)41(31,44)45/h8,10-14,25,29-31H,5-7,9,15-23H2,1-4H3,(H,47,54)(H,48,51)(H,49,53). The third kappa shape index (κ3) is 7.85. The zero-order valence-corrected chi connectivity index (χ0v) is 34.4. The molecular formula is C41H51F4N5O8S. The van der Waals surface area contributed by atoms with Crippen molar-refractivity contribution in [2.45, 2.75) is 150 Å². The van der Waals surface area contributed by atoms with Crippen LogP contribution in [0.4, 0.5) is 22.4 Å². The van der Waals surface area contributed by atoms with E-state index in [9.17, 15) is 45.2 Å². The molecule has 59 heavy (non-hydrogen) atoms. The first-order chi connectivity index (χ1) is 27.6. The second kappa shape index (κ2) is 15.2. The number of aryl methyl sites for hydroxylation is 2. The van der Waals surface area contributed by atoms with E-state index in [1.165, 1.54) is 7.05 Å². The minimum absolute atomic E-state index is 0.00176. The molecule has 2 aromatic rings. The minimum Gasteiger partial charge on any atom is -0.485 e. The summed E-state index contributed by atoms with van der Waals surface area (Å²) in [5.41, 5.74) is -0.457. The van der Waals surface area contributed by atoms with E-state index >= 15 is 0 Å². The van der Waals surface area contributed by atoms with Gasteiger partial charge in [0.25, 0.3) is 5.91 Å². The molecule has 2 aliphatic heterocycles. The molecule has 0 bridgehead atoms. The van der Waals surface area contributed by atoms with Crippen molar-refractivity contribution in [1.29, 1.82) is 0 Å². The van der Waals surface area contributed by atoms with E-state index < -0.39 is 92.1 Å². The predicted molar refractivity (Wildman–Crippen MR) is 207 cm³/mol.